The van der Waals surface area contributed by atoms with Gasteiger partial charge in [0.15, 0.2) is 0 Å². The highest BCUT2D eigenvalue weighted by Gasteiger charge is 2.12. The number of hydrogen-bond acceptors (Lipinski definition) is 4. The number of carbonyl (C=O) groups excluding carboxylic acids is 1. The van der Waals surface area contributed by atoms with Gasteiger partial charge in [0, 0.05) is 31.1 Å². The lowest BCUT2D eigenvalue weighted by atomic mass is 10.1. The third-order valence-corrected chi connectivity index (χ3v) is 2.33. The SMILES string of the molecule is COCCNc1ccc(N)cc1C(=O)NC(C)C. The third-order valence-electron chi connectivity index (χ3n) is 2.33. The van der Waals surface area contributed by atoms with Gasteiger partial charge in [0.25, 0.3) is 5.91 Å². The van der Waals surface area contributed by atoms with Crippen LogP contribution in [0.3, 0.4) is 0 Å². The average molecular weight is 251 g/mol. The van der Waals surface area contributed by atoms with Crippen molar-refractivity contribution >= 4 is 17.3 Å². The predicted molar refractivity (Wildman–Crippen MR) is 73.8 cm³/mol. The predicted octanol–water partition coefficient (Wildman–Crippen LogP) is 1.47. The van der Waals surface area contributed by atoms with Gasteiger partial charge in [-0.2, -0.15) is 0 Å². The van der Waals surface area contributed by atoms with Crippen molar-refractivity contribution in [3.63, 3.8) is 0 Å². The normalized spacial score (nSPS) is 10.4. The van der Waals surface area contributed by atoms with E-state index < -0.39 is 0 Å². The molecule has 0 saturated carbocycles. The topological polar surface area (TPSA) is 76.4 Å². The summed E-state index contributed by atoms with van der Waals surface area (Å²) in [6.45, 7) is 5.06. The van der Waals surface area contributed by atoms with Crippen LogP contribution in [0.1, 0.15) is 24.2 Å². The lowest BCUT2D eigenvalue weighted by molar-refractivity contribution is 0.0944. The number of amides is 1. The van der Waals surface area contributed by atoms with Crippen LogP contribution in [-0.4, -0.2) is 32.2 Å². The molecule has 0 spiro atoms. The number of rotatable bonds is 6. The van der Waals surface area contributed by atoms with Crippen molar-refractivity contribution in [3.8, 4) is 0 Å². The van der Waals surface area contributed by atoms with Gasteiger partial charge in [-0.3, -0.25) is 4.79 Å². The Labute approximate surface area is 108 Å². The first-order valence-corrected chi connectivity index (χ1v) is 5.97. The number of nitrogens with two attached hydrogens (primary N) is 1. The molecule has 0 aromatic heterocycles. The molecule has 0 aliphatic heterocycles. The number of hydrogen-bond donors (Lipinski definition) is 3. The molecule has 0 atom stereocenters. The summed E-state index contributed by atoms with van der Waals surface area (Å²) in [7, 11) is 1.64. The van der Waals surface area contributed by atoms with E-state index in [9.17, 15) is 4.79 Å². The van der Waals surface area contributed by atoms with Crippen LogP contribution in [-0.2, 0) is 4.74 Å². The van der Waals surface area contributed by atoms with Gasteiger partial charge in [-0.15, -0.1) is 0 Å². The van der Waals surface area contributed by atoms with E-state index in [0.29, 0.717) is 24.4 Å². The second-order valence-corrected chi connectivity index (χ2v) is 4.35. The van der Waals surface area contributed by atoms with E-state index >= 15 is 0 Å². The van der Waals surface area contributed by atoms with Gasteiger partial charge in [-0.1, -0.05) is 0 Å². The number of nitrogen functional groups attached to an aromatic ring is 1. The molecule has 4 N–H and O–H groups in total. The molecule has 5 nitrogen and oxygen atoms in total. The molecule has 0 bridgehead atoms. The second-order valence-electron chi connectivity index (χ2n) is 4.35. The monoisotopic (exact) mass is 251 g/mol. The fourth-order valence-electron chi connectivity index (χ4n) is 1.53. The molecule has 1 aromatic rings. The largest absolute Gasteiger partial charge is 0.399 e. The van der Waals surface area contributed by atoms with Crippen molar-refractivity contribution in [2.75, 3.05) is 31.3 Å². The van der Waals surface area contributed by atoms with E-state index in [1.165, 1.54) is 0 Å². The molecule has 0 fully saturated rings. The summed E-state index contributed by atoms with van der Waals surface area (Å²) in [5, 5.41) is 6.01. The minimum Gasteiger partial charge on any atom is -0.399 e. The standard InChI is InChI=1S/C13H21N3O2/c1-9(2)16-13(17)11-8-10(14)4-5-12(11)15-6-7-18-3/h4-5,8-9,15H,6-7,14H2,1-3H3,(H,16,17). The molecular formula is C13H21N3O2. The van der Waals surface area contributed by atoms with E-state index in [4.69, 9.17) is 10.5 Å². The Morgan fingerprint density at radius 2 is 2.17 bits per heavy atom. The molecule has 0 radical (unpaired) electrons. The third kappa shape index (κ3) is 4.25. The summed E-state index contributed by atoms with van der Waals surface area (Å²) in [5.41, 5.74) is 7.61. The molecule has 18 heavy (non-hydrogen) atoms. The molecule has 1 aromatic carbocycles. The van der Waals surface area contributed by atoms with Crippen molar-refractivity contribution in [2.45, 2.75) is 19.9 Å². The smallest absolute Gasteiger partial charge is 0.253 e. The van der Waals surface area contributed by atoms with Crippen LogP contribution in [0, 0.1) is 0 Å². The zero-order valence-electron chi connectivity index (χ0n) is 11.1. The van der Waals surface area contributed by atoms with Gasteiger partial charge >= 0.3 is 0 Å². The summed E-state index contributed by atoms with van der Waals surface area (Å²) in [6, 6.07) is 5.33. The fourth-order valence-corrected chi connectivity index (χ4v) is 1.53. The van der Waals surface area contributed by atoms with E-state index in [-0.39, 0.29) is 11.9 Å². The number of methoxy groups -OCH3 is 1. The van der Waals surface area contributed by atoms with E-state index in [1.54, 1.807) is 25.3 Å². The fraction of sp³-hybridized carbons (Fsp3) is 0.462. The zero-order valence-corrected chi connectivity index (χ0v) is 11.1. The average Bonchev–Trinajstić information content (AvgIpc) is 2.30. The molecular weight excluding hydrogens is 230 g/mol. The molecule has 5 heteroatoms. The lowest BCUT2D eigenvalue weighted by Crippen LogP contribution is -2.31. The van der Waals surface area contributed by atoms with Crippen molar-refractivity contribution in [3.05, 3.63) is 23.8 Å². The molecule has 0 saturated heterocycles. The summed E-state index contributed by atoms with van der Waals surface area (Å²) < 4.78 is 4.96. The number of carbonyl (C=O) groups is 1. The van der Waals surface area contributed by atoms with E-state index in [1.807, 2.05) is 13.8 Å². The van der Waals surface area contributed by atoms with Crippen molar-refractivity contribution in [1.29, 1.82) is 0 Å². The lowest BCUT2D eigenvalue weighted by Gasteiger charge is -2.14. The Morgan fingerprint density at radius 3 is 2.78 bits per heavy atom. The minimum atomic E-state index is -0.128. The van der Waals surface area contributed by atoms with Crippen LogP contribution >= 0.6 is 0 Å². The van der Waals surface area contributed by atoms with Crippen molar-refractivity contribution in [2.24, 2.45) is 0 Å². The van der Waals surface area contributed by atoms with Crippen LogP contribution in [0.4, 0.5) is 11.4 Å². The Balaban J connectivity index is 2.85. The van der Waals surface area contributed by atoms with Crippen molar-refractivity contribution in [1.82, 2.24) is 5.32 Å². The zero-order chi connectivity index (χ0) is 13.5. The molecule has 1 amide bonds. The Morgan fingerprint density at radius 1 is 1.44 bits per heavy atom. The van der Waals surface area contributed by atoms with Crippen molar-refractivity contribution < 1.29 is 9.53 Å². The van der Waals surface area contributed by atoms with Gasteiger partial charge < -0.3 is 21.1 Å². The summed E-state index contributed by atoms with van der Waals surface area (Å²) >= 11 is 0. The maximum Gasteiger partial charge on any atom is 0.253 e. The maximum atomic E-state index is 12.0. The van der Waals surface area contributed by atoms with E-state index in [0.717, 1.165) is 5.69 Å². The highest BCUT2D eigenvalue weighted by molar-refractivity contribution is 6.00. The molecule has 0 heterocycles. The first-order valence-electron chi connectivity index (χ1n) is 5.97. The summed E-state index contributed by atoms with van der Waals surface area (Å²) in [5.74, 6) is -0.128. The Kier molecular flexibility index (Phi) is 5.45. The minimum absolute atomic E-state index is 0.0887. The molecule has 0 aliphatic rings. The first kappa shape index (κ1) is 14.3. The van der Waals surface area contributed by atoms with Crippen LogP contribution in [0.25, 0.3) is 0 Å². The molecule has 0 unspecified atom stereocenters. The quantitative estimate of drug-likeness (QED) is 0.528. The van der Waals surface area contributed by atoms with Gasteiger partial charge in [0.1, 0.15) is 0 Å². The number of nitrogens with one attached hydrogen (secondary N) is 2. The van der Waals surface area contributed by atoms with Gasteiger partial charge in [-0.25, -0.2) is 0 Å². The Hall–Kier alpha value is -1.75. The van der Waals surface area contributed by atoms with Crippen LogP contribution in [0.15, 0.2) is 18.2 Å². The highest BCUT2D eigenvalue weighted by Crippen LogP contribution is 2.18. The van der Waals surface area contributed by atoms with E-state index in [2.05, 4.69) is 10.6 Å². The van der Waals surface area contributed by atoms with Gasteiger partial charge in [0.2, 0.25) is 0 Å². The molecule has 1 rings (SSSR count). The summed E-state index contributed by atoms with van der Waals surface area (Å²) in [4.78, 5) is 12.0. The molecule has 0 aliphatic carbocycles. The van der Waals surface area contributed by atoms with Gasteiger partial charge in [0.05, 0.1) is 12.2 Å². The highest BCUT2D eigenvalue weighted by atomic mass is 16.5. The molecule has 100 valence electrons. The number of benzene rings is 1. The maximum absolute atomic E-state index is 12.0. The second kappa shape index (κ2) is 6.86. The van der Waals surface area contributed by atoms with Crippen LogP contribution < -0.4 is 16.4 Å². The van der Waals surface area contributed by atoms with Gasteiger partial charge in [-0.05, 0) is 32.0 Å². The van der Waals surface area contributed by atoms with Crippen LogP contribution in [0.5, 0.6) is 0 Å². The first-order chi connectivity index (χ1) is 8.54. The number of ether oxygens (including phenoxy) is 1. The summed E-state index contributed by atoms with van der Waals surface area (Å²) in [6.07, 6.45) is 0. The number of anilines is 2. The van der Waals surface area contributed by atoms with Crippen LogP contribution in [0.2, 0.25) is 0 Å². The Bertz CT molecular complexity index is 405.